The molecule has 0 aliphatic rings. The summed E-state index contributed by atoms with van der Waals surface area (Å²) in [5.41, 5.74) is 9.50. The lowest BCUT2D eigenvalue weighted by Gasteiger charge is -2.07. The third-order valence-corrected chi connectivity index (χ3v) is 12.2. The Balaban J connectivity index is 0.000000126. The Morgan fingerprint density at radius 1 is 0.464 bits per heavy atom. The molecule has 0 unspecified atom stereocenters. The fourth-order valence-corrected chi connectivity index (χ4v) is 9.47. The van der Waals surface area contributed by atoms with E-state index < -0.39 is 7.12 Å². The van der Waals surface area contributed by atoms with Gasteiger partial charge in [-0.2, -0.15) is 0 Å². The number of pyridine rings is 2. The van der Waals surface area contributed by atoms with E-state index in [0.717, 1.165) is 38.3 Å². The van der Waals surface area contributed by atoms with E-state index in [9.17, 15) is 10.0 Å². The van der Waals surface area contributed by atoms with Gasteiger partial charge in [-0.3, -0.25) is 0 Å². The molecule has 4 aromatic heterocycles. The Labute approximate surface area is 339 Å². The molecule has 0 amide bonds. The molecular weight excluding hydrogens is 747 g/mol. The summed E-state index contributed by atoms with van der Waals surface area (Å²) >= 11 is 9.27. The molecule has 4 heterocycles. The third kappa shape index (κ3) is 8.00. The monoisotopic (exact) mass is 782 g/mol. The van der Waals surface area contributed by atoms with Crippen LogP contribution in [0.4, 0.5) is 0 Å². The predicted octanol–water partition coefficient (Wildman–Crippen LogP) is 12.5. The zero-order chi connectivity index (χ0) is 38.6. The molecule has 0 aliphatic heterocycles. The first-order valence-electron chi connectivity index (χ1n) is 18.2. The molecule has 0 bridgehead atoms. The summed E-state index contributed by atoms with van der Waals surface area (Å²) in [4.78, 5) is 9.23. The molecule has 0 radical (unpaired) electrons. The van der Waals surface area contributed by atoms with Crippen molar-refractivity contribution in [2.45, 2.75) is 13.8 Å². The van der Waals surface area contributed by atoms with Gasteiger partial charge < -0.3 is 10.0 Å². The highest BCUT2D eigenvalue weighted by Gasteiger charge is 2.17. The van der Waals surface area contributed by atoms with Gasteiger partial charge in [0.2, 0.25) is 0 Å². The van der Waals surface area contributed by atoms with Gasteiger partial charge in [-0.25, -0.2) is 9.97 Å². The van der Waals surface area contributed by atoms with E-state index in [2.05, 4.69) is 122 Å². The van der Waals surface area contributed by atoms with Crippen molar-refractivity contribution in [3.05, 3.63) is 186 Å². The number of aromatic nitrogens is 2. The molecule has 6 aromatic carbocycles. The maximum atomic E-state index is 9.31. The van der Waals surface area contributed by atoms with Crippen LogP contribution in [0, 0.1) is 13.8 Å². The average molecular weight is 783 g/mol. The minimum absolute atomic E-state index is 0.531. The molecule has 56 heavy (non-hydrogen) atoms. The Morgan fingerprint density at radius 2 is 0.946 bits per heavy atom. The summed E-state index contributed by atoms with van der Waals surface area (Å²) in [6.07, 6.45) is 0. The zero-order valence-corrected chi connectivity index (χ0v) is 33.1. The van der Waals surface area contributed by atoms with Crippen LogP contribution in [0.15, 0.2) is 170 Å². The second-order valence-corrected chi connectivity index (χ2v) is 16.0. The van der Waals surface area contributed by atoms with Crippen molar-refractivity contribution in [3.63, 3.8) is 0 Å². The van der Waals surface area contributed by atoms with Crippen molar-refractivity contribution >= 4 is 87.2 Å². The normalized spacial score (nSPS) is 10.9. The summed E-state index contributed by atoms with van der Waals surface area (Å²) in [5.74, 6) is 0. The molecular formula is C48H36BClN2O2S2. The Hall–Kier alpha value is -5.67. The van der Waals surface area contributed by atoms with Crippen LogP contribution >= 0.6 is 34.3 Å². The first-order valence-corrected chi connectivity index (χ1v) is 20.2. The molecule has 4 nitrogen and oxygen atoms in total. The number of rotatable bonds is 4. The van der Waals surface area contributed by atoms with Gasteiger partial charge in [-0.15, -0.1) is 22.7 Å². The molecule has 0 saturated heterocycles. The first kappa shape index (κ1) is 37.3. The van der Waals surface area contributed by atoms with Gasteiger partial charge in [-0.1, -0.05) is 144 Å². The van der Waals surface area contributed by atoms with E-state index in [1.54, 1.807) is 23.5 Å². The van der Waals surface area contributed by atoms with Gasteiger partial charge in [0.1, 0.15) is 5.15 Å². The zero-order valence-electron chi connectivity index (χ0n) is 30.7. The molecule has 0 spiro atoms. The van der Waals surface area contributed by atoms with E-state index in [0.29, 0.717) is 10.6 Å². The third-order valence-electron chi connectivity index (χ3n) is 9.49. The number of fused-ring (bicyclic) bond motifs is 6. The van der Waals surface area contributed by atoms with E-state index in [1.807, 2.05) is 65.9 Å². The van der Waals surface area contributed by atoms with Crippen LogP contribution < -0.4 is 5.46 Å². The minimum atomic E-state index is -1.41. The van der Waals surface area contributed by atoms with Crippen molar-refractivity contribution < 1.29 is 10.0 Å². The average Bonchev–Trinajstić information content (AvgIpc) is 3.80. The topological polar surface area (TPSA) is 66.2 Å². The number of hydrogen-bond acceptors (Lipinski definition) is 6. The molecule has 8 heteroatoms. The highest BCUT2D eigenvalue weighted by molar-refractivity contribution is 7.27. The SMILES string of the molecule is Cc1cccc(-c2cccc(-c3cccc4c3sc3ccccc34)n2)c1.Cc1cccc(-c2cccc(Cl)n2)c1.OB(O)c1cccc2c1sc1ccccc12. The molecule has 0 aliphatic carbocycles. The number of halogens is 1. The number of benzene rings is 6. The summed E-state index contributed by atoms with van der Waals surface area (Å²) < 4.78 is 4.76. The molecule has 10 rings (SSSR count). The van der Waals surface area contributed by atoms with Crippen molar-refractivity contribution in [1.82, 2.24) is 9.97 Å². The summed E-state index contributed by atoms with van der Waals surface area (Å²) in [6.45, 7) is 4.18. The van der Waals surface area contributed by atoms with E-state index in [-0.39, 0.29) is 0 Å². The van der Waals surface area contributed by atoms with Gasteiger partial charge in [0.25, 0.3) is 0 Å². The number of hydrogen-bond donors (Lipinski definition) is 2. The second-order valence-electron chi connectivity index (χ2n) is 13.5. The highest BCUT2D eigenvalue weighted by Crippen LogP contribution is 2.39. The second kappa shape index (κ2) is 16.6. The van der Waals surface area contributed by atoms with Gasteiger partial charge >= 0.3 is 7.12 Å². The maximum absolute atomic E-state index is 9.31. The Morgan fingerprint density at radius 3 is 1.55 bits per heavy atom. The lowest BCUT2D eigenvalue weighted by atomic mass is 9.80. The molecule has 272 valence electrons. The minimum Gasteiger partial charge on any atom is -0.423 e. The molecule has 10 aromatic rings. The number of thiophene rings is 2. The van der Waals surface area contributed by atoms with E-state index in [1.165, 1.54) is 46.9 Å². The van der Waals surface area contributed by atoms with Gasteiger partial charge in [-0.05, 0) is 73.2 Å². The first-order chi connectivity index (χ1) is 27.3. The van der Waals surface area contributed by atoms with Crippen molar-refractivity contribution in [2.75, 3.05) is 0 Å². The molecule has 2 N–H and O–H groups in total. The number of nitrogens with zero attached hydrogens (tertiary/aromatic N) is 2. The summed E-state index contributed by atoms with van der Waals surface area (Å²) in [5, 5.41) is 24.0. The van der Waals surface area contributed by atoms with E-state index in [4.69, 9.17) is 16.6 Å². The van der Waals surface area contributed by atoms with Crippen LogP contribution in [-0.4, -0.2) is 27.1 Å². The van der Waals surface area contributed by atoms with Crippen LogP contribution in [0.5, 0.6) is 0 Å². The highest BCUT2D eigenvalue weighted by atomic mass is 35.5. The smallest absolute Gasteiger partial charge is 0.423 e. The maximum Gasteiger partial charge on any atom is 0.489 e. The van der Waals surface area contributed by atoms with Crippen molar-refractivity contribution in [3.8, 4) is 33.8 Å². The Bertz CT molecular complexity index is 2930. The molecule has 0 saturated carbocycles. The van der Waals surface area contributed by atoms with Crippen molar-refractivity contribution in [2.24, 2.45) is 0 Å². The quantitative estimate of drug-likeness (QED) is 0.138. The van der Waals surface area contributed by atoms with Crippen molar-refractivity contribution in [1.29, 1.82) is 0 Å². The molecule has 0 atom stereocenters. The summed E-state index contributed by atoms with van der Waals surface area (Å²) in [6, 6.07) is 57.5. The van der Waals surface area contributed by atoms with Crippen LogP contribution in [0.1, 0.15) is 11.1 Å². The van der Waals surface area contributed by atoms with Gasteiger partial charge in [0.05, 0.1) is 17.1 Å². The fourth-order valence-electron chi connectivity index (χ4n) is 6.84. The Kier molecular flexibility index (Phi) is 11.0. The van der Waals surface area contributed by atoms with Gasteiger partial charge in [0, 0.05) is 51.6 Å². The van der Waals surface area contributed by atoms with Gasteiger partial charge in [0.15, 0.2) is 0 Å². The predicted molar refractivity (Wildman–Crippen MR) is 241 cm³/mol. The van der Waals surface area contributed by atoms with Crippen LogP contribution in [-0.2, 0) is 0 Å². The largest absolute Gasteiger partial charge is 0.489 e. The lowest BCUT2D eigenvalue weighted by Crippen LogP contribution is -2.29. The fraction of sp³-hybridized carbons (Fsp3) is 0.0417. The van der Waals surface area contributed by atoms with Crippen LogP contribution in [0.2, 0.25) is 5.15 Å². The van der Waals surface area contributed by atoms with Crippen LogP contribution in [0.25, 0.3) is 74.1 Å². The summed E-state index contributed by atoms with van der Waals surface area (Å²) in [7, 11) is -1.41. The standard InChI is InChI=1S/C24H17NS.C12H9BO2S.C12H10ClN/c1-16-7-4-8-17(15-16)21-12-6-13-22(25-21)20-11-5-10-19-18-9-2-3-14-23(18)26-24(19)20;14-13(15)10-6-3-5-9-8-4-1-2-7-11(8)16-12(9)10;1-9-4-2-5-10(8-9)11-6-3-7-12(13)14-11/h2-15H,1H3;1-7,14-15H;2-8H,1H3. The van der Waals surface area contributed by atoms with E-state index >= 15 is 0 Å². The van der Waals surface area contributed by atoms with Crippen LogP contribution in [0.3, 0.4) is 0 Å². The number of aryl methyl sites for hydroxylation is 2. The molecule has 0 fully saturated rings. The lowest BCUT2D eigenvalue weighted by molar-refractivity contribution is 0.426.